The first kappa shape index (κ1) is 14.9. The third-order valence-corrected chi connectivity index (χ3v) is 4.96. The van der Waals surface area contributed by atoms with E-state index >= 15 is 0 Å². The quantitative estimate of drug-likeness (QED) is 0.788. The molecule has 5 heteroatoms. The zero-order valence-corrected chi connectivity index (χ0v) is 13.2. The maximum Gasteiger partial charge on any atom is 0.254 e. The molecule has 0 N–H and O–H groups in total. The van der Waals surface area contributed by atoms with E-state index in [4.69, 9.17) is 9.47 Å². The number of hydrogen-bond acceptors (Lipinski definition) is 4. The van der Waals surface area contributed by atoms with Gasteiger partial charge < -0.3 is 14.4 Å². The molecule has 1 amide bonds. The van der Waals surface area contributed by atoms with Crippen LogP contribution in [0.5, 0.6) is 0 Å². The van der Waals surface area contributed by atoms with Gasteiger partial charge in [0.2, 0.25) is 0 Å². The lowest BCUT2D eigenvalue weighted by atomic mass is 10.0. The second-order valence-corrected chi connectivity index (χ2v) is 6.30. The molecule has 0 aliphatic carbocycles. The lowest BCUT2D eigenvalue weighted by Gasteiger charge is -2.43. The molecule has 0 atom stereocenters. The first-order chi connectivity index (χ1) is 10.2. The van der Waals surface area contributed by atoms with Gasteiger partial charge in [-0.1, -0.05) is 12.1 Å². The molecule has 4 nitrogen and oxygen atoms in total. The Hall–Kier alpha value is -1.04. The Bertz CT molecular complexity index is 504. The van der Waals surface area contributed by atoms with E-state index in [1.807, 2.05) is 35.4 Å². The average molecular weight is 307 g/mol. The van der Waals surface area contributed by atoms with Crippen LogP contribution in [0.1, 0.15) is 29.6 Å². The molecule has 2 aliphatic rings. The molecule has 21 heavy (non-hydrogen) atoms. The van der Waals surface area contributed by atoms with Gasteiger partial charge >= 0.3 is 0 Å². The number of amides is 1. The molecule has 2 aliphatic heterocycles. The van der Waals surface area contributed by atoms with Crippen molar-refractivity contribution in [3.63, 3.8) is 0 Å². The number of carbonyl (C=O) groups is 1. The van der Waals surface area contributed by atoms with Gasteiger partial charge in [0.1, 0.15) is 0 Å². The molecule has 1 aromatic carbocycles. The highest BCUT2D eigenvalue weighted by Crippen LogP contribution is 2.32. The summed E-state index contributed by atoms with van der Waals surface area (Å²) in [6, 6.07) is 7.80. The second kappa shape index (κ2) is 6.38. The summed E-state index contributed by atoms with van der Waals surface area (Å²) in [5, 5.41) is 0. The van der Waals surface area contributed by atoms with Crippen LogP contribution in [-0.4, -0.2) is 49.2 Å². The fourth-order valence-corrected chi connectivity index (χ4v) is 3.54. The van der Waals surface area contributed by atoms with Crippen molar-refractivity contribution < 1.29 is 14.3 Å². The summed E-state index contributed by atoms with van der Waals surface area (Å²) in [5.74, 6) is -0.320. The minimum Gasteiger partial charge on any atom is -0.350 e. The smallest absolute Gasteiger partial charge is 0.254 e. The molecule has 2 saturated heterocycles. The highest BCUT2D eigenvalue weighted by molar-refractivity contribution is 7.98. The van der Waals surface area contributed by atoms with Gasteiger partial charge in [0.05, 0.1) is 18.8 Å². The summed E-state index contributed by atoms with van der Waals surface area (Å²) < 4.78 is 11.6. The molecular formula is C16H21NO3S. The van der Waals surface area contributed by atoms with Gasteiger partial charge in [0, 0.05) is 30.8 Å². The molecule has 1 aromatic rings. The number of nitrogens with zero attached hydrogens (tertiary/aromatic N) is 1. The number of benzene rings is 1. The minimum absolute atomic E-state index is 0.116. The van der Waals surface area contributed by atoms with E-state index in [9.17, 15) is 4.79 Å². The highest BCUT2D eigenvalue weighted by atomic mass is 32.2. The van der Waals surface area contributed by atoms with Crippen molar-refractivity contribution in [1.29, 1.82) is 0 Å². The van der Waals surface area contributed by atoms with Crippen molar-refractivity contribution in [2.24, 2.45) is 0 Å². The number of hydrogen-bond donors (Lipinski definition) is 0. The van der Waals surface area contributed by atoms with Gasteiger partial charge in [-0.3, -0.25) is 4.79 Å². The fraction of sp³-hybridized carbons (Fsp3) is 0.562. The topological polar surface area (TPSA) is 38.8 Å². The average Bonchev–Trinajstić information content (AvgIpc) is 2.56. The molecule has 0 saturated carbocycles. The maximum atomic E-state index is 12.7. The molecular weight excluding hydrogens is 286 g/mol. The highest BCUT2D eigenvalue weighted by Gasteiger charge is 2.39. The van der Waals surface area contributed by atoms with Crippen molar-refractivity contribution in [1.82, 2.24) is 4.90 Å². The summed E-state index contributed by atoms with van der Waals surface area (Å²) in [6.45, 7) is 2.93. The second-order valence-electron chi connectivity index (χ2n) is 5.45. The van der Waals surface area contributed by atoms with E-state index in [1.54, 1.807) is 11.8 Å². The van der Waals surface area contributed by atoms with E-state index in [1.165, 1.54) is 0 Å². The van der Waals surface area contributed by atoms with Crippen LogP contribution in [0.25, 0.3) is 0 Å². The monoisotopic (exact) mass is 307 g/mol. The molecule has 114 valence electrons. The Morgan fingerprint density at radius 3 is 2.52 bits per heavy atom. The van der Waals surface area contributed by atoms with E-state index in [0.717, 1.165) is 42.9 Å². The molecule has 0 bridgehead atoms. The fourth-order valence-electron chi connectivity index (χ4n) is 2.95. The number of piperidine rings is 1. The Balaban J connectivity index is 1.67. The van der Waals surface area contributed by atoms with Gasteiger partial charge in [-0.25, -0.2) is 0 Å². The van der Waals surface area contributed by atoms with Crippen molar-refractivity contribution in [3.8, 4) is 0 Å². The largest absolute Gasteiger partial charge is 0.350 e. The molecule has 3 rings (SSSR count). The lowest BCUT2D eigenvalue weighted by Crippen LogP contribution is -2.51. The summed E-state index contributed by atoms with van der Waals surface area (Å²) in [7, 11) is 0. The van der Waals surface area contributed by atoms with E-state index < -0.39 is 5.79 Å². The van der Waals surface area contributed by atoms with E-state index in [0.29, 0.717) is 13.1 Å². The van der Waals surface area contributed by atoms with Gasteiger partial charge in [0.15, 0.2) is 5.79 Å². The van der Waals surface area contributed by atoms with Crippen molar-refractivity contribution in [2.75, 3.05) is 32.6 Å². The maximum absolute atomic E-state index is 12.7. The lowest BCUT2D eigenvalue weighted by molar-refractivity contribution is -0.281. The summed E-state index contributed by atoms with van der Waals surface area (Å²) in [4.78, 5) is 15.6. The van der Waals surface area contributed by atoms with Gasteiger partial charge in [-0.2, -0.15) is 0 Å². The summed E-state index contributed by atoms with van der Waals surface area (Å²) in [6.07, 6.45) is 4.49. The Morgan fingerprint density at radius 1 is 1.19 bits per heavy atom. The molecule has 2 heterocycles. The predicted octanol–water partition coefficient (Wildman–Crippen LogP) is 2.78. The third kappa shape index (κ3) is 3.10. The van der Waals surface area contributed by atoms with Crippen LogP contribution in [0.2, 0.25) is 0 Å². The SMILES string of the molecule is CSc1ccccc1C(=O)N1CCC2(CC1)OCCCO2. The van der Waals surface area contributed by atoms with Crippen LogP contribution in [0.3, 0.4) is 0 Å². The van der Waals surface area contributed by atoms with Gasteiger partial charge in [-0.05, 0) is 24.8 Å². The Kier molecular flexibility index (Phi) is 4.52. The van der Waals surface area contributed by atoms with Crippen molar-refractivity contribution in [3.05, 3.63) is 29.8 Å². The molecule has 0 aromatic heterocycles. The number of thioether (sulfide) groups is 1. The van der Waals surface area contributed by atoms with Crippen LogP contribution in [0, 0.1) is 0 Å². The van der Waals surface area contributed by atoms with Crippen LogP contribution in [0.4, 0.5) is 0 Å². The number of likely N-dealkylation sites (tertiary alicyclic amines) is 1. The predicted molar refractivity (Wildman–Crippen MR) is 82.6 cm³/mol. The molecule has 2 fully saturated rings. The standard InChI is InChI=1S/C16H21NO3S/c1-21-14-6-3-2-5-13(14)15(18)17-9-7-16(8-10-17)19-11-4-12-20-16/h2-3,5-6H,4,7-12H2,1H3. The number of carbonyl (C=O) groups excluding carboxylic acids is 1. The van der Waals surface area contributed by atoms with Crippen molar-refractivity contribution in [2.45, 2.75) is 29.9 Å². The Morgan fingerprint density at radius 2 is 1.86 bits per heavy atom. The van der Waals surface area contributed by atoms with Crippen LogP contribution in [0.15, 0.2) is 29.2 Å². The van der Waals surface area contributed by atoms with Crippen LogP contribution < -0.4 is 0 Å². The molecule has 0 radical (unpaired) electrons. The zero-order chi connectivity index (χ0) is 14.7. The minimum atomic E-state index is -0.436. The summed E-state index contributed by atoms with van der Waals surface area (Å²) in [5.41, 5.74) is 0.798. The number of rotatable bonds is 2. The van der Waals surface area contributed by atoms with Gasteiger partial charge in [0.25, 0.3) is 5.91 Å². The van der Waals surface area contributed by atoms with Crippen LogP contribution >= 0.6 is 11.8 Å². The first-order valence-corrected chi connectivity index (χ1v) is 8.67. The van der Waals surface area contributed by atoms with Crippen molar-refractivity contribution >= 4 is 17.7 Å². The first-order valence-electron chi connectivity index (χ1n) is 7.44. The third-order valence-electron chi connectivity index (χ3n) is 4.17. The molecule has 1 spiro atoms. The van der Waals surface area contributed by atoms with Gasteiger partial charge in [-0.15, -0.1) is 11.8 Å². The zero-order valence-electron chi connectivity index (χ0n) is 12.3. The normalized spacial score (nSPS) is 21.5. The summed E-state index contributed by atoms with van der Waals surface area (Å²) >= 11 is 1.61. The molecule has 0 unspecified atom stereocenters. The number of ether oxygens (including phenoxy) is 2. The Labute approximate surface area is 129 Å². The van der Waals surface area contributed by atoms with E-state index in [2.05, 4.69) is 0 Å². The van der Waals surface area contributed by atoms with E-state index in [-0.39, 0.29) is 5.91 Å². The van der Waals surface area contributed by atoms with Crippen LogP contribution in [-0.2, 0) is 9.47 Å².